The molecule has 3 N–H and O–H groups in total. The summed E-state index contributed by atoms with van der Waals surface area (Å²) < 4.78 is 4.69. The van der Waals surface area contributed by atoms with Crippen LogP contribution in [-0.4, -0.2) is 63.3 Å². The van der Waals surface area contributed by atoms with Gasteiger partial charge in [-0.25, -0.2) is 4.79 Å². The lowest BCUT2D eigenvalue weighted by molar-refractivity contribution is -0.147. The zero-order valence-electron chi connectivity index (χ0n) is 23.1. The minimum atomic E-state index is -1.59. The van der Waals surface area contributed by atoms with E-state index in [0.29, 0.717) is 6.54 Å². The molecule has 1 aliphatic heterocycles. The van der Waals surface area contributed by atoms with Crippen molar-refractivity contribution in [3.8, 4) is 0 Å². The molecule has 8 nitrogen and oxygen atoms in total. The number of thioether (sulfide) groups is 1. The molecule has 3 amide bonds. The van der Waals surface area contributed by atoms with Gasteiger partial charge in [0.15, 0.2) is 6.10 Å². The molecule has 0 radical (unpaired) electrons. The zero-order chi connectivity index (χ0) is 28.6. The van der Waals surface area contributed by atoms with Crippen molar-refractivity contribution >= 4 is 29.7 Å². The summed E-state index contributed by atoms with van der Waals surface area (Å²) in [4.78, 5) is 41.1. The number of amides is 3. The van der Waals surface area contributed by atoms with Crippen molar-refractivity contribution in [3.05, 3.63) is 83.9 Å². The van der Waals surface area contributed by atoms with Crippen LogP contribution in [0.4, 0.5) is 4.79 Å². The van der Waals surface area contributed by atoms with Crippen LogP contribution in [0, 0.1) is 12.8 Å². The smallest absolute Gasteiger partial charge is 0.407 e. The number of rotatable bonds is 11. The molecule has 4 unspecified atom stereocenters. The van der Waals surface area contributed by atoms with E-state index in [9.17, 15) is 19.5 Å². The van der Waals surface area contributed by atoms with Gasteiger partial charge in [0, 0.05) is 17.2 Å². The molecule has 0 aromatic heterocycles. The first-order chi connectivity index (χ1) is 18.5. The number of carbonyl (C=O) groups excluding carboxylic acids is 3. The number of aliphatic hydroxyl groups is 1. The minimum absolute atomic E-state index is 0.0438. The van der Waals surface area contributed by atoms with E-state index >= 15 is 0 Å². The summed E-state index contributed by atoms with van der Waals surface area (Å²) in [6.45, 7) is 11.8. The van der Waals surface area contributed by atoms with E-state index in [4.69, 9.17) is 4.74 Å². The Labute approximate surface area is 235 Å². The summed E-state index contributed by atoms with van der Waals surface area (Å²) in [7, 11) is 0. The summed E-state index contributed by atoms with van der Waals surface area (Å²) in [5, 5.41) is 16.9. The van der Waals surface area contributed by atoms with Crippen LogP contribution in [0.5, 0.6) is 0 Å². The Morgan fingerprint density at radius 3 is 2.51 bits per heavy atom. The average Bonchev–Trinajstić information content (AvgIpc) is 3.25. The molecule has 1 aliphatic rings. The zero-order valence-corrected chi connectivity index (χ0v) is 23.9. The molecule has 0 saturated carbocycles. The third-order valence-corrected chi connectivity index (χ3v) is 8.28. The van der Waals surface area contributed by atoms with Crippen LogP contribution in [-0.2, 0) is 27.3 Å². The number of alkyl carbamates (subject to hydrolysis) is 1. The number of carbonyl (C=O) groups is 3. The van der Waals surface area contributed by atoms with Gasteiger partial charge < -0.3 is 25.4 Å². The van der Waals surface area contributed by atoms with E-state index in [1.165, 1.54) is 16.7 Å². The fourth-order valence-electron chi connectivity index (χ4n) is 4.42. The Morgan fingerprint density at radius 2 is 1.85 bits per heavy atom. The quantitative estimate of drug-likeness (QED) is 0.365. The van der Waals surface area contributed by atoms with Crippen LogP contribution in [0.1, 0.15) is 37.5 Å². The molecule has 0 bridgehead atoms. The van der Waals surface area contributed by atoms with Crippen LogP contribution in [0.25, 0.3) is 0 Å². The first kappa shape index (κ1) is 30.2. The van der Waals surface area contributed by atoms with Gasteiger partial charge in [0.2, 0.25) is 5.91 Å². The van der Waals surface area contributed by atoms with Crippen molar-refractivity contribution in [1.29, 1.82) is 0 Å². The Morgan fingerprint density at radius 1 is 1.18 bits per heavy atom. The number of ether oxygens (including phenoxy) is 1. The number of aryl methyl sites for hydroxylation is 1. The van der Waals surface area contributed by atoms with Crippen LogP contribution in [0.2, 0.25) is 0 Å². The highest BCUT2D eigenvalue weighted by Crippen LogP contribution is 2.40. The first-order valence-corrected chi connectivity index (χ1v) is 14.1. The Bertz CT molecular complexity index is 1160. The second kappa shape index (κ2) is 13.7. The lowest BCUT2D eigenvalue weighted by atomic mass is 9.97. The number of nitrogens with one attached hydrogen (secondary N) is 2. The Hall–Kier alpha value is -3.30. The van der Waals surface area contributed by atoms with Crippen molar-refractivity contribution in [2.24, 2.45) is 5.92 Å². The molecule has 0 aliphatic carbocycles. The predicted octanol–water partition coefficient (Wildman–Crippen LogP) is 3.81. The standard InChI is InChI=1S/C30H39N3O5S/c1-6-20(2)18-38-29(37)32-24(16-22-13-8-7-9-14-22)25(34)28(36)33-19-39-30(4,5)26(33)27(35)31-17-23-15-11-10-12-21(23)3/h6-15,20,24-26,34H,1,16-19H2,2-5H3,(H,31,35)(H,32,37). The molecule has 1 saturated heterocycles. The van der Waals surface area contributed by atoms with Crippen molar-refractivity contribution in [3.63, 3.8) is 0 Å². The van der Waals surface area contributed by atoms with Crippen LogP contribution < -0.4 is 10.6 Å². The molecule has 0 spiro atoms. The molecule has 2 aromatic rings. The molecule has 39 heavy (non-hydrogen) atoms. The SMILES string of the molecule is C=CC(C)COC(=O)NC(Cc1ccccc1)C(O)C(=O)N1CSC(C)(C)C1C(=O)NCc1ccccc1C. The monoisotopic (exact) mass is 553 g/mol. The molecule has 2 aromatic carbocycles. The summed E-state index contributed by atoms with van der Waals surface area (Å²) in [6, 6.07) is 15.3. The second-order valence-corrected chi connectivity index (χ2v) is 12.0. The highest BCUT2D eigenvalue weighted by molar-refractivity contribution is 8.00. The maximum atomic E-state index is 13.7. The van der Waals surface area contributed by atoms with E-state index in [0.717, 1.165) is 16.7 Å². The lowest BCUT2D eigenvalue weighted by Crippen LogP contribution is -2.58. The fourth-order valence-corrected chi connectivity index (χ4v) is 5.56. The largest absolute Gasteiger partial charge is 0.449 e. The first-order valence-electron chi connectivity index (χ1n) is 13.1. The molecule has 210 valence electrons. The summed E-state index contributed by atoms with van der Waals surface area (Å²) >= 11 is 1.47. The number of hydrogen-bond donors (Lipinski definition) is 3. The highest BCUT2D eigenvalue weighted by atomic mass is 32.2. The molecule has 1 fully saturated rings. The second-order valence-electron chi connectivity index (χ2n) is 10.4. The lowest BCUT2D eigenvalue weighted by Gasteiger charge is -2.33. The molecular weight excluding hydrogens is 514 g/mol. The Kier molecular flexibility index (Phi) is 10.6. The van der Waals surface area contributed by atoms with E-state index in [1.54, 1.807) is 6.08 Å². The predicted molar refractivity (Wildman–Crippen MR) is 154 cm³/mol. The topological polar surface area (TPSA) is 108 Å². The third kappa shape index (κ3) is 8.10. The summed E-state index contributed by atoms with van der Waals surface area (Å²) in [6.07, 6.45) is -0.450. The maximum Gasteiger partial charge on any atom is 0.407 e. The number of nitrogens with zero attached hydrogens (tertiary/aromatic N) is 1. The number of benzene rings is 2. The van der Waals surface area contributed by atoms with E-state index in [2.05, 4.69) is 17.2 Å². The van der Waals surface area contributed by atoms with Crippen LogP contribution >= 0.6 is 11.8 Å². The van der Waals surface area contributed by atoms with Crippen molar-refractivity contribution in [2.45, 2.75) is 63.6 Å². The van der Waals surface area contributed by atoms with Gasteiger partial charge in [0.05, 0.1) is 18.5 Å². The van der Waals surface area contributed by atoms with Gasteiger partial charge in [-0.2, -0.15) is 0 Å². The van der Waals surface area contributed by atoms with Crippen molar-refractivity contribution in [2.75, 3.05) is 12.5 Å². The van der Waals surface area contributed by atoms with Gasteiger partial charge in [-0.15, -0.1) is 18.3 Å². The molecule has 3 rings (SSSR count). The maximum absolute atomic E-state index is 13.7. The van der Waals surface area contributed by atoms with E-state index < -0.39 is 34.9 Å². The van der Waals surface area contributed by atoms with Gasteiger partial charge in [-0.1, -0.05) is 67.6 Å². The van der Waals surface area contributed by atoms with Gasteiger partial charge in [0.1, 0.15) is 6.04 Å². The van der Waals surface area contributed by atoms with Gasteiger partial charge in [0.25, 0.3) is 5.91 Å². The Balaban J connectivity index is 1.76. The normalized spacial score (nSPS) is 18.5. The van der Waals surface area contributed by atoms with E-state index in [-0.39, 0.29) is 30.7 Å². The fraction of sp³-hybridized carbons (Fsp3) is 0.433. The van der Waals surface area contributed by atoms with Crippen molar-refractivity contribution in [1.82, 2.24) is 15.5 Å². The van der Waals surface area contributed by atoms with Gasteiger partial charge in [-0.05, 0) is 43.9 Å². The molecule has 9 heteroatoms. The highest BCUT2D eigenvalue weighted by Gasteiger charge is 2.49. The summed E-state index contributed by atoms with van der Waals surface area (Å²) in [5.74, 6) is -0.716. The number of hydrogen-bond acceptors (Lipinski definition) is 6. The average molecular weight is 554 g/mol. The molecule has 1 heterocycles. The van der Waals surface area contributed by atoms with Crippen LogP contribution in [0.15, 0.2) is 67.3 Å². The van der Waals surface area contributed by atoms with Gasteiger partial charge >= 0.3 is 6.09 Å². The van der Waals surface area contributed by atoms with Gasteiger partial charge in [-0.3, -0.25) is 9.59 Å². The van der Waals surface area contributed by atoms with E-state index in [1.807, 2.05) is 82.3 Å². The minimum Gasteiger partial charge on any atom is -0.449 e. The number of aliphatic hydroxyl groups excluding tert-OH is 1. The summed E-state index contributed by atoms with van der Waals surface area (Å²) in [5.41, 5.74) is 2.88. The molecule has 4 atom stereocenters. The molecular formula is C30H39N3O5S. The van der Waals surface area contributed by atoms with Crippen LogP contribution in [0.3, 0.4) is 0 Å². The third-order valence-electron chi connectivity index (χ3n) is 6.91. The van der Waals surface area contributed by atoms with Crippen molar-refractivity contribution < 1.29 is 24.2 Å².